The molecule has 96 heavy (non-hydrogen) atoms. The molecule has 6 N–H and O–H groups in total. The van der Waals surface area contributed by atoms with Gasteiger partial charge in [-0.05, 0) is 55.2 Å². The average molecular weight is 1500 g/mol. The summed E-state index contributed by atoms with van der Waals surface area (Å²) in [4.78, 5) is 80.7. The van der Waals surface area contributed by atoms with Crippen molar-refractivity contribution in [2.24, 2.45) is 27.1 Å². The molecule has 0 aliphatic rings. The molecule has 6 heterocycles. The van der Waals surface area contributed by atoms with Crippen LogP contribution in [0.4, 0.5) is 22.7 Å². The van der Waals surface area contributed by atoms with E-state index in [-0.39, 0.29) is 91.4 Å². The van der Waals surface area contributed by atoms with Crippen molar-refractivity contribution in [3.05, 3.63) is 246 Å². The van der Waals surface area contributed by atoms with Gasteiger partial charge >= 0.3 is 102 Å². The maximum absolute atomic E-state index is 11.1. The van der Waals surface area contributed by atoms with Gasteiger partial charge in [0.1, 0.15) is 25.1 Å². The molecule has 0 saturated carbocycles. The van der Waals surface area contributed by atoms with E-state index < -0.39 is 57.3 Å². The quantitative estimate of drug-likeness (QED) is 0.0290. The summed E-state index contributed by atoms with van der Waals surface area (Å²) in [6.07, 6.45) is 13.8. The number of ketones is 1. The van der Waals surface area contributed by atoms with Gasteiger partial charge in [0.05, 0.1) is 39.1 Å². The molecule has 0 amide bonds. The number of pyridine rings is 6. The number of carbonyl (C=O) groups excluding carboxylic acids is 1. The van der Waals surface area contributed by atoms with Crippen molar-refractivity contribution in [1.29, 1.82) is 31.6 Å². The van der Waals surface area contributed by atoms with Crippen LogP contribution in [0, 0.1) is 117 Å². The summed E-state index contributed by atoms with van der Waals surface area (Å²) in [5, 5.41) is 97.9. The number of anilines is 1. The number of carbonyl (C=O) groups is 1. The number of nitro groups is 3. The topological polar surface area (TPSA) is 626 Å². The second-order valence-corrected chi connectivity index (χ2v) is 17.9. The van der Waals surface area contributed by atoms with Crippen LogP contribution in [0.1, 0.15) is 71.7 Å². The normalized spacial score (nSPS) is 8.11. The Labute approximate surface area is 654 Å². The number of aromatic nitrogens is 6. The SMILES string of the molecule is CC(=O)C(C)C.CC(C)c1ccc(N)cn1.CC(C)c1ccc([N+](=O)[O-])cn1.CO.CS(=O)(=O)O[O-].C[n+]1ccccc1.Cn1cc([N+](=O)[O-])cc([N+](=O)[O-])c1=O.Cn1ccccc1=O.O=S(=O)(O)O.O=[N+]([O-])O.[C-]#N.[C-]#N.[C-]#N.[C-]#N.[C-]#N.[C-]#N.[Fe+6].[K].[K][K].c1ccncc1. The number of aliphatic hydroxyl groups excluding tert-OH is 1. The van der Waals surface area contributed by atoms with Gasteiger partial charge in [0.2, 0.25) is 5.56 Å². The molecule has 0 atom stereocenters. The summed E-state index contributed by atoms with van der Waals surface area (Å²) < 4.78 is 57.5. The van der Waals surface area contributed by atoms with Crippen molar-refractivity contribution in [2.45, 2.75) is 60.3 Å². The third-order valence-corrected chi connectivity index (χ3v) is 8.15. The Morgan fingerprint density at radius 2 is 1.00 bits per heavy atom. The largest absolute Gasteiger partial charge is 0.265 e. The summed E-state index contributed by atoms with van der Waals surface area (Å²) in [5.74, 6) is 1.27. The minimum absolute atomic E-state index is 0. The van der Waals surface area contributed by atoms with Crippen molar-refractivity contribution >= 4 is 164 Å². The molecule has 0 saturated heterocycles. The maximum Gasteiger partial charge on any atom is 0.0267 e. The van der Waals surface area contributed by atoms with Crippen molar-refractivity contribution < 1.29 is 92.1 Å². The fourth-order valence-electron chi connectivity index (χ4n) is 3.82. The molecule has 0 bridgehead atoms. The average Bonchev–Trinajstić information content (AvgIpc) is 0.862. The van der Waals surface area contributed by atoms with Crippen LogP contribution >= 0.6 is 0 Å². The molecular weight excluding hydrogens is 1440 g/mol. The first-order chi connectivity index (χ1) is 43.9. The van der Waals surface area contributed by atoms with E-state index in [9.17, 15) is 53.1 Å². The van der Waals surface area contributed by atoms with Crippen LogP contribution in [0.5, 0.6) is 0 Å². The molecule has 0 aliphatic carbocycles. The number of nitrogens with two attached hydrogens (primary N) is 1. The van der Waals surface area contributed by atoms with Crippen LogP contribution < -0.4 is 26.7 Å². The van der Waals surface area contributed by atoms with Crippen LogP contribution in [-0.4, -0.2) is 214 Å². The molecule has 0 aliphatic heterocycles. The molecule has 0 fully saturated rings. The summed E-state index contributed by atoms with van der Waals surface area (Å²) in [5.41, 5.74) is 6.07. The van der Waals surface area contributed by atoms with E-state index in [1.807, 2.05) is 106 Å². The third kappa shape index (κ3) is 98.5. The molecule has 0 aromatic carbocycles. The molecule has 38 nitrogen and oxygen atoms in total. The van der Waals surface area contributed by atoms with Gasteiger partial charge in [0.25, 0.3) is 26.6 Å². The summed E-state index contributed by atoms with van der Waals surface area (Å²) in [6, 6.07) is 24.4. The van der Waals surface area contributed by atoms with E-state index in [1.54, 1.807) is 50.9 Å². The molecule has 509 valence electrons. The van der Waals surface area contributed by atoms with Gasteiger partial charge in [0.15, 0.2) is 12.4 Å². The first kappa shape index (κ1) is 123. The standard InChI is InChI=1S/C8H10N2O2.C8H12N2.C6H5N3O5.C6H7NO.C6H8N.C5H5N.C5H10O.6CN.CH4O4S.CH4O.Fe.3K.HNO3.H2O4S/c1-6(2)8-4-3-7(5-9-8)10(11)12;1-6(2)8-4-3-7(9)5-10-8;1-7-3-4(8(11)12)2-5(6(7)10)9(13)14;1-7-5-3-2-4-6(7)8;1-7-5-3-2-4-6-7;1-2-4-6-5-3-1;1-4(2)5(3)6;6*1-2;1-6(3,4)5-2;1-2;;;;;2-1(3)4;1-5(2,3)4/h3-6H,1-2H3;3-6H,9H2,1-2H3;2-3H,1H3;2-5H,1H3;2-6H,1H3;1-5H;4H,1-3H3;;;;;;;2H,1H3;2H,1H3;;;;;(H,2,3,4);(H2,1,2,3,4)/q;;;;+1;;;6*-1;;;+6;;;;;/p-1. The molecule has 1 radical (unpaired) electrons. The van der Waals surface area contributed by atoms with E-state index in [4.69, 9.17) is 120 Å². The number of aryl methyl sites for hydroxylation is 3. The van der Waals surface area contributed by atoms with E-state index in [0.717, 1.165) is 34.9 Å². The number of hydrogen-bond acceptors (Lipinski definition) is 28. The molecule has 6 aromatic rings. The first-order valence-electron chi connectivity index (χ1n) is 24.4. The van der Waals surface area contributed by atoms with Crippen molar-refractivity contribution in [3.8, 4) is 0 Å². The summed E-state index contributed by atoms with van der Waals surface area (Å²) >= 11 is 2.50. The van der Waals surface area contributed by atoms with Crippen molar-refractivity contribution in [2.75, 3.05) is 19.1 Å². The minimum atomic E-state index is -4.67. The molecule has 6 aromatic heterocycles. The molecule has 44 heteroatoms. The second-order valence-electron chi connectivity index (χ2n) is 15.5. The Morgan fingerprint density at radius 3 is 1.20 bits per heavy atom. The van der Waals surface area contributed by atoms with Crippen molar-refractivity contribution in [3.63, 3.8) is 0 Å². The number of aliphatic hydroxyl groups is 1. The zero-order chi connectivity index (χ0) is 77.4. The number of rotatable bonds is 7. The maximum atomic E-state index is 11.1. The molecule has 6 rings (SSSR count). The van der Waals surface area contributed by atoms with Gasteiger partial charge < -0.3 is 106 Å². The zero-order valence-corrected chi connectivity index (χ0v) is 66.7. The molecule has 0 unspecified atom stereocenters. The monoisotopic (exact) mass is 1500 g/mol. The predicted octanol–water partition coefficient (Wildman–Crippen LogP) is 3.59. The van der Waals surface area contributed by atoms with Crippen LogP contribution in [0.2, 0.25) is 0 Å². The van der Waals surface area contributed by atoms with Gasteiger partial charge in [0, 0.05) is 133 Å². The van der Waals surface area contributed by atoms with Crippen LogP contribution in [-0.2, 0) is 67.9 Å². The van der Waals surface area contributed by atoms with E-state index in [2.05, 4.69) is 33.1 Å². The Kier molecular flexibility index (Phi) is 111. The predicted molar refractivity (Wildman–Crippen MR) is 336 cm³/mol. The number of hydrogen-bond donors (Lipinski definition) is 5. The molecule has 0 spiro atoms. The van der Waals surface area contributed by atoms with Crippen LogP contribution in [0.3, 0.4) is 0 Å². The van der Waals surface area contributed by atoms with E-state index in [1.165, 1.54) is 93.1 Å². The number of nitrogen functional groups attached to an aromatic ring is 1. The molecular formula is C52H67FeK3N17O21S2. The Hall–Kier alpha value is -6.56. The van der Waals surface area contributed by atoms with Crippen molar-refractivity contribution in [1.82, 2.24) is 24.1 Å². The zero-order valence-electron chi connectivity index (χ0n) is 54.6. The third-order valence-electron chi connectivity index (χ3n) is 7.91. The first-order valence-corrected chi connectivity index (χ1v) is 43.6. The smallest absolute Gasteiger partial charge is 0.0267 e. The van der Waals surface area contributed by atoms with Gasteiger partial charge in [-0.15, -0.1) is 10.1 Å². The van der Waals surface area contributed by atoms with Gasteiger partial charge in [-0.2, -0.15) is 8.42 Å². The van der Waals surface area contributed by atoms with Crippen LogP contribution in [0.25, 0.3) is 0 Å². The van der Waals surface area contributed by atoms with Gasteiger partial charge in [-0.25, -0.2) is 13.0 Å². The van der Waals surface area contributed by atoms with Crippen LogP contribution in [0.15, 0.2) is 144 Å². The summed E-state index contributed by atoms with van der Waals surface area (Å²) in [6.45, 7) is 42.1. The number of Topliss-reactive ketones (excluding diaryl/α,β-unsaturated/α-hetero) is 1. The fourth-order valence-corrected chi connectivity index (χ4v) is 3.82. The summed E-state index contributed by atoms with van der Waals surface area (Å²) in [7, 11) is -2.45. The van der Waals surface area contributed by atoms with E-state index >= 15 is 0 Å². The Balaban J connectivity index is -0.0000000642. The number of nitrogens with zero attached hydrogens (tertiary/aromatic N) is 16. The Bertz CT molecular complexity index is 3290. The van der Waals surface area contributed by atoms with Gasteiger partial charge in [-0.1, -0.05) is 59.7 Å². The Morgan fingerprint density at radius 1 is 0.656 bits per heavy atom. The van der Waals surface area contributed by atoms with E-state index in [0.29, 0.717) is 24.2 Å². The van der Waals surface area contributed by atoms with Gasteiger partial charge in [-0.3, -0.25) is 68.8 Å². The fraction of sp³-hybridized carbons (Fsp3) is 0.288. The second kappa shape index (κ2) is 86.4. The minimum Gasteiger partial charge on any atom is -0.265 e.